The number of nitrogens with zero attached hydrogens (tertiary/aromatic N) is 3. The summed E-state index contributed by atoms with van der Waals surface area (Å²) < 4.78 is 0. The number of carbonyl (C=O) groups is 2. The molecule has 0 radical (unpaired) electrons. The van der Waals surface area contributed by atoms with E-state index < -0.39 is 5.91 Å². The van der Waals surface area contributed by atoms with E-state index in [2.05, 4.69) is 21.8 Å². The predicted molar refractivity (Wildman–Crippen MR) is 113 cm³/mol. The zero-order valence-corrected chi connectivity index (χ0v) is 16.3. The predicted octanol–water partition coefficient (Wildman–Crippen LogP) is 2.25. The van der Waals surface area contributed by atoms with Crippen molar-refractivity contribution in [3.8, 4) is 0 Å². The number of allylic oxidation sites excluding steroid dienone is 1. The number of ketones is 1. The molecule has 2 aromatic rings. The van der Waals surface area contributed by atoms with Crippen LogP contribution < -0.4 is 10.4 Å². The number of amides is 1. The Hall–Kier alpha value is -3.29. The van der Waals surface area contributed by atoms with Crippen LogP contribution in [0.1, 0.15) is 21.7 Å². The summed E-state index contributed by atoms with van der Waals surface area (Å²) in [4.78, 5) is 32.5. The Morgan fingerprint density at radius 2 is 1.59 bits per heavy atom. The van der Waals surface area contributed by atoms with E-state index in [-0.39, 0.29) is 5.78 Å². The molecule has 7 nitrogen and oxygen atoms in total. The Labute approximate surface area is 169 Å². The van der Waals surface area contributed by atoms with Crippen LogP contribution in [0, 0.1) is 0 Å². The Bertz CT molecular complexity index is 914. The number of carbonyl (C=O) groups excluding carboxylic acids is 2. The molecule has 1 fully saturated rings. The highest BCUT2D eigenvalue weighted by Gasteiger charge is 2.14. The minimum atomic E-state index is -0.636. The monoisotopic (exact) mass is 392 g/mol. The van der Waals surface area contributed by atoms with E-state index >= 15 is 0 Å². The molecule has 0 saturated carbocycles. The molecule has 29 heavy (non-hydrogen) atoms. The van der Waals surface area contributed by atoms with Crippen molar-refractivity contribution in [1.29, 1.82) is 0 Å². The summed E-state index contributed by atoms with van der Waals surface area (Å²) in [7, 11) is 2.12. The summed E-state index contributed by atoms with van der Waals surface area (Å²) in [6, 6.07) is 12.9. The lowest BCUT2D eigenvalue weighted by molar-refractivity contribution is -0.124. The fourth-order valence-electron chi connectivity index (χ4n) is 3.01. The lowest BCUT2D eigenvalue weighted by atomic mass is 10.1. The van der Waals surface area contributed by atoms with Crippen LogP contribution in [0.25, 0.3) is 12.2 Å². The first kappa shape index (κ1) is 20.4. The Balaban J connectivity index is 1.63. The molecule has 3 rings (SSSR count). The number of pyridine rings is 1. The first-order valence-electron chi connectivity index (χ1n) is 9.40. The normalized spacial score (nSPS) is 15.2. The van der Waals surface area contributed by atoms with Gasteiger partial charge in [0.2, 0.25) is 0 Å². The van der Waals surface area contributed by atoms with E-state index in [4.69, 9.17) is 5.21 Å². The Morgan fingerprint density at radius 1 is 0.966 bits per heavy atom. The molecular weight excluding hydrogens is 368 g/mol. The van der Waals surface area contributed by atoms with Crippen molar-refractivity contribution in [2.45, 2.75) is 0 Å². The maximum atomic E-state index is 12.5. The van der Waals surface area contributed by atoms with Gasteiger partial charge >= 0.3 is 0 Å². The van der Waals surface area contributed by atoms with Crippen LogP contribution in [-0.4, -0.2) is 60.0 Å². The van der Waals surface area contributed by atoms with Crippen molar-refractivity contribution >= 4 is 29.5 Å². The number of hydroxylamine groups is 1. The standard InChI is InChI=1S/C22H24N4O3/c1-25-13-15-26(16-14-25)20-9-5-17(6-10-20)21(27)11-7-18-3-2-4-19(23-18)8-12-22(28)24-29/h2-12,29H,13-16H2,1H3,(H,24,28). The molecule has 1 saturated heterocycles. The van der Waals surface area contributed by atoms with E-state index in [0.29, 0.717) is 17.0 Å². The number of benzene rings is 1. The van der Waals surface area contributed by atoms with Crippen molar-refractivity contribution < 1.29 is 14.8 Å². The molecule has 1 aliphatic heterocycles. The third-order valence-electron chi connectivity index (χ3n) is 4.73. The van der Waals surface area contributed by atoms with Gasteiger partial charge in [-0.3, -0.25) is 14.8 Å². The average Bonchev–Trinajstić information content (AvgIpc) is 2.76. The maximum absolute atomic E-state index is 12.5. The van der Waals surface area contributed by atoms with E-state index in [0.717, 1.165) is 31.9 Å². The molecule has 7 heteroatoms. The van der Waals surface area contributed by atoms with E-state index in [9.17, 15) is 9.59 Å². The minimum Gasteiger partial charge on any atom is -0.369 e. The van der Waals surface area contributed by atoms with Crippen molar-refractivity contribution in [2.24, 2.45) is 0 Å². The average molecular weight is 392 g/mol. The van der Waals surface area contributed by atoms with Crippen LogP contribution >= 0.6 is 0 Å². The third kappa shape index (κ3) is 5.84. The van der Waals surface area contributed by atoms with Gasteiger partial charge in [-0.15, -0.1) is 0 Å². The number of aromatic nitrogens is 1. The summed E-state index contributed by atoms with van der Waals surface area (Å²) in [5, 5.41) is 8.50. The van der Waals surface area contributed by atoms with Crippen molar-refractivity contribution in [2.75, 3.05) is 38.1 Å². The second-order valence-corrected chi connectivity index (χ2v) is 6.83. The molecular formula is C22H24N4O3. The van der Waals surface area contributed by atoms with Crippen LogP contribution in [0.4, 0.5) is 5.69 Å². The zero-order chi connectivity index (χ0) is 20.6. The molecule has 150 valence electrons. The van der Waals surface area contributed by atoms with E-state index in [1.165, 1.54) is 23.7 Å². The minimum absolute atomic E-state index is 0.0997. The number of hydrogen-bond donors (Lipinski definition) is 2. The molecule has 0 atom stereocenters. The summed E-state index contributed by atoms with van der Waals surface area (Å²) in [5.74, 6) is -0.736. The Morgan fingerprint density at radius 3 is 2.21 bits per heavy atom. The van der Waals surface area contributed by atoms with Crippen LogP contribution in [0.15, 0.2) is 54.6 Å². The summed E-state index contributed by atoms with van der Waals surface area (Å²) >= 11 is 0. The third-order valence-corrected chi connectivity index (χ3v) is 4.73. The molecule has 1 aromatic heterocycles. The second-order valence-electron chi connectivity index (χ2n) is 6.83. The van der Waals surface area contributed by atoms with Crippen molar-refractivity contribution in [3.63, 3.8) is 0 Å². The molecule has 0 bridgehead atoms. The van der Waals surface area contributed by atoms with Crippen LogP contribution in [0.3, 0.4) is 0 Å². The molecule has 1 aliphatic rings. The molecule has 2 N–H and O–H groups in total. The molecule has 0 aliphatic carbocycles. The fourth-order valence-corrected chi connectivity index (χ4v) is 3.01. The number of likely N-dealkylation sites (N-methyl/N-ethyl adjacent to an activating group) is 1. The smallest absolute Gasteiger partial charge is 0.267 e. The van der Waals surface area contributed by atoms with Crippen LogP contribution in [0.5, 0.6) is 0 Å². The zero-order valence-electron chi connectivity index (χ0n) is 16.3. The molecule has 1 amide bonds. The number of rotatable bonds is 6. The van der Waals surface area contributed by atoms with Crippen molar-refractivity contribution in [1.82, 2.24) is 15.4 Å². The highest BCUT2D eigenvalue weighted by Crippen LogP contribution is 2.17. The highest BCUT2D eigenvalue weighted by atomic mass is 16.5. The largest absolute Gasteiger partial charge is 0.369 e. The number of nitrogens with one attached hydrogen (secondary N) is 1. The van der Waals surface area contributed by atoms with Gasteiger partial charge < -0.3 is 9.80 Å². The number of piperazine rings is 1. The van der Waals surface area contributed by atoms with Crippen LogP contribution in [0.2, 0.25) is 0 Å². The molecule has 1 aromatic carbocycles. The van der Waals surface area contributed by atoms with Gasteiger partial charge in [-0.1, -0.05) is 6.07 Å². The summed E-state index contributed by atoms with van der Waals surface area (Å²) in [6.45, 7) is 4.05. The van der Waals surface area contributed by atoms with Gasteiger partial charge in [-0.05, 0) is 61.7 Å². The molecule has 0 unspecified atom stereocenters. The second kappa shape index (κ2) is 9.77. The van der Waals surface area contributed by atoms with E-state index in [1.54, 1.807) is 24.3 Å². The van der Waals surface area contributed by atoms with Gasteiger partial charge in [0, 0.05) is 43.5 Å². The SMILES string of the molecule is CN1CCN(c2ccc(C(=O)C=Cc3cccc(C=CC(=O)NO)n3)cc2)CC1. The lowest BCUT2D eigenvalue weighted by Gasteiger charge is -2.34. The number of anilines is 1. The lowest BCUT2D eigenvalue weighted by Crippen LogP contribution is -2.44. The van der Waals surface area contributed by atoms with Crippen molar-refractivity contribution in [3.05, 3.63) is 71.6 Å². The van der Waals surface area contributed by atoms with Gasteiger partial charge in [0.15, 0.2) is 5.78 Å². The van der Waals surface area contributed by atoms with Gasteiger partial charge in [-0.25, -0.2) is 10.5 Å². The molecule has 2 heterocycles. The van der Waals surface area contributed by atoms with Gasteiger partial charge in [0.1, 0.15) is 0 Å². The van der Waals surface area contributed by atoms with Crippen LogP contribution in [-0.2, 0) is 4.79 Å². The van der Waals surface area contributed by atoms with Gasteiger partial charge in [0.05, 0.1) is 11.4 Å². The number of hydrogen-bond acceptors (Lipinski definition) is 6. The van der Waals surface area contributed by atoms with Gasteiger partial charge in [-0.2, -0.15) is 0 Å². The summed E-state index contributed by atoms with van der Waals surface area (Å²) in [5.41, 5.74) is 4.41. The summed E-state index contributed by atoms with van der Waals surface area (Å²) in [6.07, 6.45) is 5.77. The quantitative estimate of drug-likeness (QED) is 0.339. The highest BCUT2D eigenvalue weighted by molar-refractivity contribution is 6.06. The first-order chi connectivity index (χ1) is 14.0. The van der Waals surface area contributed by atoms with Gasteiger partial charge in [0.25, 0.3) is 5.91 Å². The maximum Gasteiger partial charge on any atom is 0.267 e. The molecule has 0 spiro atoms. The fraction of sp³-hybridized carbons (Fsp3) is 0.227. The Kier molecular flexibility index (Phi) is 6.89. The first-order valence-corrected chi connectivity index (χ1v) is 9.40. The van der Waals surface area contributed by atoms with E-state index in [1.807, 2.05) is 24.3 Å². The topological polar surface area (TPSA) is 85.8 Å².